The van der Waals surface area contributed by atoms with E-state index in [0.29, 0.717) is 18.2 Å². The summed E-state index contributed by atoms with van der Waals surface area (Å²) < 4.78 is 7.28. The quantitative estimate of drug-likeness (QED) is 0.883. The van der Waals surface area contributed by atoms with Crippen LogP contribution in [0.1, 0.15) is 49.0 Å². The minimum absolute atomic E-state index is 0.154. The molecule has 2 fully saturated rings. The molecule has 1 aromatic rings. The van der Waals surface area contributed by atoms with Crippen LogP contribution in [0.5, 0.6) is 0 Å². The van der Waals surface area contributed by atoms with Crippen molar-refractivity contribution < 1.29 is 9.53 Å². The number of carbonyl (C=O) groups excluding carboxylic acids is 1. The van der Waals surface area contributed by atoms with Crippen LogP contribution in [0, 0.1) is 5.92 Å². The predicted molar refractivity (Wildman–Crippen MR) is 73.3 cm³/mol. The monoisotopic (exact) mass is 278 g/mol. The Balaban J connectivity index is 1.48. The van der Waals surface area contributed by atoms with E-state index in [0.717, 1.165) is 26.0 Å². The summed E-state index contributed by atoms with van der Waals surface area (Å²) in [5, 5.41) is 10.9. The van der Waals surface area contributed by atoms with Gasteiger partial charge in [0.1, 0.15) is 0 Å². The molecule has 1 aliphatic carbocycles. The topological polar surface area (TPSA) is 69.0 Å². The molecule has 6 heteroatoms. The number of ether oxygens (including phenoxy) is 1. The molecule has 0 aromatic carbocycles. The summed E-state index contributed by atoms with van der Waals surface area (Å²) in [5.41, 5.74) is 0.404. The number of nitrogens with one attached hydrogen (secondary N) is 1. The summed E-state index contributed by atoms with van der Waals surface area (Å²) in [6, 6.07) is 0. The second-order valence-electron chi connectivity index (χ2n) is 5.82. The lowest BCUT2D eigenvalue weighted by Crippen LogP contribution is -2.31. The molecule has 2 aliphatic rings. The van der Waals surface area contributed by atoms with E-state index in [-0.39, 0.29) is 12.0 Å². The summed E-state index contributed by atoms with van der Waals surface area (Å²) in [6.07, 6.45) is 9.17. The van der Waals surface area contributed by atoms with Gasteiger partial charge < -0.3 is 10.1 Å². The summed E-state index contributed by atoms with van der Waals surface area (Å²) in [5.74, 6) is 0.540. The van der Waals surface area contributed by atoms with Crippen LogP contribution in [0.3, 0.4) is 0 Å². The Bertz CT molecular complexity index is 448. The molecule has 1 aromatic heterocycles. The highest BCUT2D eigenvalue weighted by Crippen LogP contribution is 2.25. The number of carbonyl (C=O) groups is 1. The zero-order valence-corrected chi connectivity index (χ0v) is 11.8. The minimum Gasteiger partial charge on any atom is -0.376 e. The van der Waals surface area contributed by atoms with E-state index in [4.69, 9.17) is 4.74 Å². The van der Waals surface area contributed by atoms with Gasteiger partial charge in [-0.15, -0.1) is 5.10 Å². The molecule has 1 saturated carbocycles. The normalized spacial score (nSPS) is 23.3. The lowest BCUT2D eigenvalue weighted by atomic mass is 10.1. The summed E-state index contributed by atoms with van der Waals surface area (Å²) >= 11 is 0. The van der Waals surface area contributed by atoms with Crippen molar-refractivity contribution in [1.82, 2.24) is 20.3 Å². The minimum atomic E-state index is -0.154. The fourth-order valence-electron chi connectivity index (χ4n) is 3.05. The highest BCUT2D eigenvalue weighted by molar-refractivity contribution is 5.91. The zero-order valence-electron chi connectivity index (χ0n) is 11.8. The van der Waals surface area contributed by atoms with Crippen LogP contribution in [-0.2, 0) is 11.3 Å². The number of nitrogens with zero attached hydrogens (tertiary/aromatic N) is 3. The maximum Gasteiger partial charge on any atom is 0.273 e. The summed E-state index contributed by atoms with van der Waals surface area (Å²) in [4.78, 5) is 12.0. The molecule has 2 heterocycles. The molecule has 1 unspecified atom stereocenters. The van der Waals surface area contributed by atoms with Crippen LogP contribution in [0.2, 0.25) is 0 Å². The van der Waals surface area contributed by atoms with Gasteiger partial charge in [0.05, 0.1) is 12.3 Å². The average Bonchev–Trinajstić information content (AvgIpc) is 3.19. The third kappa shape index (κ3) is 3.36. The Morgan fingerprint density at radius 3 is 2.95 bits per heavy atom. The van der Waals surface area contributed by atoms with Crippen LogP contribution in [0.15, 0.2) is 6.20 Å². The Hall–Kier alpha value is -1.43. The second kappa shape index (κ2) is 6.35. The Labute approximate surface area is 118 Å². The second-order valence-corrected chi connectivity index (χ2v) is 5.82. The van der Waals surface area contributed by atoms with Gasteiger partial charge >= 0.3 is 0 Å². The van der Waals surface area contributed by atoms with Crippen LogP contribution in [0.4, 0.5) is 0 Å². The van der Waals surface area contributed by atoms with Crippen LogP contribution < -0.4 is 5.32 Å². The lowest BCUT2D eigenvalue weighted by Gasteiger charge is -2.09. The highest BCUT2D eigenvalue weighted by atomic mass is 16.5. The van der Waals surface area contributed by atoms with Crippen molar-refractivity contribution in [2.75, 3.05) is 13.2 Å². The van der Waals surface area contributed by atoms with Gasteiger partial charge in [0.15, 0.2) is 5.69 Å². The van der Waals surface area contributed by atoms with Crippen LogP contribution in [-0.4, -0.2) is 40.2 Å². The largest absolute Gasteiger partial charge is 0.376 e. The van der Waals surface area contributed by atoms with E-state index in [1.807, 2.05) is 0 Å². The molecule has 1 N–H and O–H groups in total. The standard InChI is InChI=1S/C14H22N4O2/c19-14(15-8-12-6-3-7-20-12)13-10-18(17-16-13)9-11-4-1-2-5-11/h10-12H,1-9H2,(H,15,19). The first-order valence-corrected chi connectivity index (χ1v) is 7.61. The number of hydrogen-bond donors (Lipinski definition) is 1. The molecule has 1 atom stereocenters. The fourth-order valence-corrected chi connectivity index (χ4v) is 3.05. The first kappa shape index (κ1) is 13.5. The zero-order chi connectivity index (χ0) is 13.8. The average molecular weight is 278 g/mol. The molecule has 20 heavy (non-hydrogen) atoms. The molecule has 0 spiro atoms. The van der Waals surface area contributed by atoms with E-state index in [9.17, 15) is 4.79 Å². The third-order valence-electron chi connectivity index (χ3n) is 4.21. The predicted octanol–water partition coefficient (Wildman–Crippen LogP) is 1.38. The third-order valence-corrected chi connectivity index (χ3v) is 4.21. The number of hydrogen-bond acceptors (Lipinski definition) is 4. The van der Waals surface area contributed by atoms with Crippen LogP contribution >= 0.6 is 0 Å². The van der Waals surface area contributed by atoms with E-state index < -0.39 is 0 Å². The molecular weight excluding hydrogens is 256 g/mol. The van der Waals surface area contributed by atoms with Crippen molar-refractivity contribution in [2.24, 2.45) is 5.92 Å². The number of amides is 1. The van der Waals surface area contributed by atoms with E-state index >= 15 is 0 Å². The molecule has 3 rings (SSSR count). The highest BCUT2D eigenvalue weighted by Gasteiger charge is 2.19. The van der Waals surface area contributed by atoms with Crippen molar-refractivity contribution in [3.63, 3.8) is 0 Å². The smallest absolute Gasteiger partial charge is 0.273 e. The van der Waals surface area contributed by atoms with Gasteiger partial charge in [0, 0.05) is 19.7 Å². The molecule has 1 saturated heterocycles. The maximum atomic E-state index is 12.0. The number of aromatic nitrogens is 3. The van der Waals surface area contributed by atoms with Gasteiger partial charge in [-0.2, -0.15) is 0 Å². The van der Waals surface area contributed by atoms with Gasteiger partial charge in [-0.3, -0.25) is 9.48 Å². The van der Waals surface area contributed by atoms with E-state index in [1.165, 1.54) is 25.7 Å². The van der Waals surface area contributed by atoms with Crippen molar-refractivity contribution >= 4 is 5.91 Å². The molecule has 1 amide bonds. The Morgan fingerprint density at radius 2 is 2.20 bits per heavy atom. The van der Waals surface area contributed by atoms with Gasteiger partial charge in [-0.05, 0) is 31.6 Å². The van der Waals surface area contributed by atoms with Gasteiger partial charge in [0.2, 0.25) is 0 Å². The Morgan fingerprint density at radius 1 is 1.35 bits per heavy atom. The first-order chi connectivity index (χ1) is 9.81. The Kier molecular flexibility index (Phi) is 4.30. The SMILES string of the molecule is O=C(NCC1CCCO1)c1cn(CC2CCCC2)nn1. The molecule has 0 bridgehead atoms. The lowest BCUT2D eigenvalue weighted by molar-refractivity contribution is 0.0853. The van der Waals surface area contributed by atoms with Crippen molar-refractivity contribution in [3.8, 4) is 0 Å². The summed E-state index contributed by atoms with van der Waals surface area (Å²) in [7, 11) is 0. The van der Waals surface area contributed by atoms with Crippen LogP contribution in [0.25, 0.3) is 0 Å². The molecule has 110 valence electrons. The molecule has 1 aliphatic heterocycles. The molecular formula is C14H22N4O2. The van der Waals surface area contributed by atoms with E-state index in [2.05, 4.69) is 15.6 Å². The van der Waals surface area contributed by atoms with Crippen molar-refractivity contribution in [1.29, 1.82) is 0 Å². The maximum absolute atomic E-state index is 12.0. The van der Waals surface area contributed by atoms with Gasteiger partial charge in [-0.25, -0.2) is 0 Å². The number of rotatable bonds is 5. The molecule has 0 radical (unpaired) electrons. The fraction of sp³-hybridized carbons (Fsp3) is 0.786. The van der Waals surface area contributed by atoms with Gasteiger partial charge in [-0.1, -0.05) is 18.1 Å². The van der Waals surface area contributed by atoms with E-state index in [1.54, 1.807) is 10.9 Å². The summed E-state index contributed by atoms with van der Waals surface area (Å²) in [6.45, 7) is 2.25. The first-order valence-electron chi connectivity index (χ1n) is 7.61. The van der Waals surface area contributed by atoms with Crippen molar-refractivity contribution in [2.45, 2.75) is 51.2 Å². The van der Waals surface area contributed by atoms with Crippen molar-refractivity contribution in [3.05, 3.63) is 11.9 Å². The van der Waals surface area contributed by atoms with Gasteiger partial charge in [0.25, 0.3) is 5.91 Å². The molecule has 6 nitrogen and oxygen atoms in total.